The molecule has 0 aliphatic heterocycles. The highest BCUT2D eigenvalue weighted by Crippen LogP contribution is 2.30. The molecular weight excluding hydrogens is 452 g/mol. The van der Waals surface area contributed by atoms with E-state index in [-0.39, 0.29) is 5.12 Å². The van der Waals surface area contributed by atoms with E-state index in [1.54, 1.807) is 6.33 Å². The monoisotopic (exact) mass is 478 g/mol. The van der Waals surface area contributed by atoms with Crippen molar-refractivity contribution in [3.63, 3.8) is 0 Å². The maximum absolute atomic E-state index is 11.8. The molecule has 0 amide bonds. The molecule has 0 saturated carbocycles. The molecule has 0 fully saturated rings. The van der Waals surface area contributed by atoms with Crippen LogP contribution in [0.5, 0.6) is 0 Å². The molecule has 7 heteroatoms. The second-order valence-corrected chi connectivity index (χ2v) is 9.02. The molecule has 2 heterocycles. The van der Waals surface area contributed by atoms with Crippen LogP contribution in [0.15, 0.2) is 48.8 Å². The number of nitrogens with one attached hydrogen (secondary N) is 1. The van der Waals surface area contributed by atoms with Gasteiger partial charge in [-0.3, -0.25) is 4.79 Å². The van der Waals surface area contributed by atoms with Gasteiger partial charge in [0.1, 0.15) is 12.1 Å². The van der Waals surface area contributed by atoms with Crippen molar-refractivity contribution in [1.29, 1.82) is 0 Å². The van der Waals surface area contributed by atoms with Crippen molar-refractivity contribution in [1.82, 2.24) is 14.5 Å². The number of aryl methyl sites for hydroxylation is 3. The third kappa shape index (κ3) is 4.92. The van der Waals surface area contributed by atoms with E-state index >= 15 is 0 Å². The molecule has 170 valence electrons. The van der Waals surface area contributed by atoms with Crippen molar-refractivity contribution in [3.05, 3.63) is 76.2 Å². The second kappa shape index (κ2) is 9.98. The summed E-state index contributed by atoms with van der Waals surface area (Å²) in [5, 5.41) is 5.15. The molecule has 0 spiro atoms. The Balaban J connectivity index is 1.53. The molecule has 0 aliphatic rings. The highest BCUT2D eigenvalue weighted by Gasteiger charge is 2.12. The Hall–Kier alpha value is -2.83. The maximum Gasteiger partial charge on any atom is 0.216 e. The number of benzene rings is 2. The van der Waals surface area contributed by atoms with Gasteiger partial charge in [0.05, 0.1) is 16.2 Å². The molecule has 0 radical (unpaired) electrons. The first-order valence-corrected chi connectivity index (χ1v) is 11.9. The highest BCUT2D eigenvalue weighted by atomic mass is 35.5. The van der Waals surface area contributed by atoms with Gasteiger partial charge in [0.15, 0.2) is 0 Å². The number of halogens is 1. The molecular formula is C26H27ClN4OS. The van der Waals surface area contributed by atoms with E-state index in [1.165, 1.54) is 16.6 Å². The Bertz CT molecular complexity index is 1330. The van der Waals surface area contributed by atoms with Crippen molar-refractivity contribution in [2.75, 3.05) is 11.9 Å². The van der Waals surface area contributed by atoms with Crippen molar-refractivity contribution in [3.8, 4) is 11.3 Å². The van der Waals surface area contributed by atoms with Crippen LogP contribution in [0.25, 0.3) is 22.2 Å². The number of fused-ring (bicyclic) bond motifs is 1. The van der Waals surface area contributed by atoms with E-state index in [9.17, 15) is 4.79 Å². The Morgan fingerprint density at radius 2 is 1.94 bits per heavy atom. The second-order valence-electron chi connectivity index (χ2n) is 8.21. The summed E-state index contributed by atoms with van der Waals surface area (Å²) in [5.41, 5.74) is 6.87. The number of thiol groups is 1. The minimum absolute atomic E-state index is 0.210. The minimum Gasteiger partial charge on any atom is -0.368 e. The van der Waals surface area contributed by atoms with Crippen LogP contribution in [0.4, 0.5) is 5.82 Å². The molecule has 33 heavy (non-hydrogen) atoms. The summed E-state index contributed by atoms with van der Waals surface area (Å²) < 4.78 is 2.24. The van der Waals surface area contributed by atoms with Gasteiger partial charge >= 0.3 is 0 Å². The zero-order valence-electron chi connectivity index (χ0n) is 19.0. The van der Waals surface area contributed by atoms with Gasteiger partial charge in [0, 0.05) is 41.4 Å². The van der Waals surface area contributed by atoms with Gasteiger partial charge in [-0.15, -0.1) is 12.6 Å². The number of carbonyl (C=O) groups is 1. The first-order valence-electron chi connectivity index (χ1n) is 11.1. The summed E-state index contributed by atoms with van der Waals surface area (Å²) in [5.74, 6) is 0.753. The largest absolute Gasteiger partial charge is 0.368 e. The fourth-order valence-corrected chi connectivity index (χ4v) is 4.72. The number of aromatic nitrogens is 3. The standard InChI is InChI=1S/C26H27ClN4OS/c1-4-5-18-13-19(7-8-20(18)26(32)33)23-14-24(30-15-29-23)28-10-11-31-17(3)12-21-16(2)6-9-22(27)25(21)31/h6-9,12-15H,4-5,10-11H2,1-3H3,(H,32,33)(H,28,29,30). The Morgan fingerprint density at radius 3 is 2.70 bits per heavy atom. The first-order chi connectivity index (χ1) is 15.9. The number of carbonyl (C=O) groups excluding carboxylic acids is 1. The molecule has 0 saturated heterocycles. The number of hydrogen-bond acceptors (Lipinski definition) is 4. The van der Waals surface area contributed by atoms with E-state index in [4.69, 9.17) is 11.6 Å². The summed E-state index contributed by atoms with van der Waals surface area (Å²) in [6.07, 6.45) is 3.33. The molecule has 2 aromatic heterocycles. The lowest BCUT2D eigenvalue weighted by Gasteiger charge is -2.12. The molecule has 0 atom stereocenters. The zero-order chi connectivity index (χ0) is 23.5. The van der Waals surface area contributed by atoms with Crippen LogP contribution in [0.3, 0.4) is 0 Å². The van der Waals surface area contributed by atoms with Crippen LogP contribution < -0.4 is 5.32 Å². The topological polar surface area (TPSA) is 59.8 Å². The van der Waals surface area contributed by atoms with Crippen LogP contribution in [0.2, 0.25) is 5.02 Å². The van der Waals surface area contributed by atoms with Crippen LogP contribution in [0.1, 0.15) is 40.5 Å². The fourth-order valence-electron chi connectivity index (χ4n) is 4.24. The molecule has 4 rings (SSSR count). The number of hydrogen-bond donors (Lipinski definition) is 2. The summed E-state index contributed by atoms with van der Waals surface area (Å²) in [7, 11) is 0. The van der Waals surface area contributed by atoms with E-state index in [0.29, 0.717) is 12.1 Å². The highest BCUT2D eigenvalue weighted by molar-refractivity contribution is 7.97. The Kier molecular flexibility index (Phi) is 7.05. The first kappa shape index (κ1) is 23.3. The smallest absolute Gasteiger partial charge is 0.216 e. The minimum atomic E-state index is -0.210. The van der Waals surface area contributed by atoms with Crippen LogP contribution >= 0.6 is 24.2 Å². The lowest BCUT2D eigenvalue weighted by Crippen LogP contribution is -2.12. The van der Waals surface area contributed by atoms with E-state index in [0.717, 1.165) is 52.6 Å². The molecule has 1 N–H and O–H groups in total. The average molecular weight is 479 g/mol. The van der Waals surface area contributed by atoms with Crippen molar-refractivity contribution < 1.29 is 4.79 Å². The summed E-state index contributed by atoms with van der Waals surface area (Å²) >= 11 is 10.5. The number of anilines is 1. The Labute approximate surface area is 204 Å². The van der Waals surface area contributed by atoms with E-state index < -0.39 is 0 Å². The van der Waals surface area contributed by atoms with E-state index in [2.05, 4.69) is 65.4 Å². The molecule has 2 aromatic carbocycles. The molecule has 4 aromatic rings. The van der Waals surface area contributed by atoms with E-state index in [1.807, 2.05) is 30.3 Å². The molecule has 0 aliphatic carbocycles. The maximum atomic E-state index is 11.8. The van der Waals surface area contributed by atoms with Gasteiger partial charge in [-0.1, -0.05) is 37.1 Å². The van der Waals surface area contributed by atoms with Gasteiger partial charge in [0.25, 0.3) is 0 Å². The van der Waals surface area contributed by atoms with Gasteiger partial charge in [-0.2, -0.15) is 0 Å². The lowest BCUT2D eigenvalue weighted by atomic mass is 9.99. The van der Waals surface area contributed by atoms with Crippen molar-refractivity contribution in [2.45, 2.75) is 40.2 Å². The SMILES string of the molecule is CCCc1cc(-c2cc(NCCn3c(C)cc4c(C)ccc(Cl)c43)ncn2)ccc1C(=O)S. The molecule has 0 unspecified atom stereocenters. The van der Waals surface area contributed by atoms with Crippen LogP contribution in [-0.4, -0.2) is 26.2 Å². The molecule has 5 nitrogen and oxygen atoms in total. The number of rotatable bonds is 8. The van der Waals surface area contributed by atoms with Crippen molar-refractivity contribution in [2.24, 2.45) is 0 Å². The Morgan fingerprint density at radius 1 is 1.12 bits per heavy atom. The average Bonchev–Trinajstić information content (AvgIpc) is 3.14. The predicted octanol–water partition coefficient (Wildman–Crippen LogP) is 6.50. The third-order valence-electron chi connectivity index (χ3n) is 5.89. The molecule has 0 bridgehead atoms. The van der Waals surface area contributed by atoms with Gasteiger partial charge < -0.3 is 9.88 Å². The quantitative estimate of drug-likeness (QED) is 0.284. The fraction of sp³-hybridized carbons (Fsp3) is 0.269. The van der Waals surface area contributed by atoms with Crippen molar-refractivity contribution >= 4 is 46.1 Å². The predicted molar refractivity (Wildman–Crippen MR) is 140 cm³/mol. The lowest BCUT2D eigenvalue weighted by molar-refractivity contribution is 0.109. The van der Waals surface area contributed by atoms with Gasteiger partial charge in [-0.05, 0) is 55.7 Å². The van der Waals surface area contributed by atoms with Gasteiger partial charge in [-0.25, -0.2) is 9.97 Å². The van der Waals surface area contributed by atoms with Gasteiger partial charge in [0.2, 0.25) is 5.12 Å². The van der Waals surface area contributed by atoms with Crippen LogP contribution in [-0.2, 0) is 13.0 Å². The summed E-state index contributed by atoms with van der Waals surface area (Å²) in [6.45, 7) is 7.76. The zero-order valence-corrected chi connectivity index (χ0v) is 20.7. The summed E-state index contributed by atoms with van der Waals surface area (Å²) in [4.78, 5) is 20.6. The van der Waals surface area contributed by atoms with Crippen LogP contribution in [0, 0.1) is 13.8 Å². The normalized spacial score (nSPS) is 11.2. The third-order valence-corrected chi connectivity index (χ3v) is 6.44. The summed E-state index contributed by atoms with van der Waals surface area (Å²) in [6, 6.07) is 13.9. The number of nitrogens with zero attached hydrogens (tertiary/aromatic N) is 3.